The number of aliphatic imine (C=N–C) groups is 1. The second-order valence-corrected chi connectivity index (χ2v) is 8.12. The Balaban J connectivity index is 0.00000261. The number of aliphatic hydroxyl groups excluding tert-OH is 1. The molecule has 0 bridgehead atoms. The number of rotatable bonds is 7. The van der Waals surface area contributed by atoms with Gasteiger partial charge in [-0.2, -0.15) is 0 Å². The van der Waals surface area contributed by atoms with E-state index in [4.69, 9.17) is 0 Å². The molecule has 2 aromatic rings. The number of nitrogens with one attached hydrogen (secondary N) is 2. The van der Waals surface area contributed by atoms with Crippen molar-refractivity contribution in [2.75, 3.05) is 33.7 Å². The molecule has 0 saturated heterocycles. The molecule has 1 unspecified atom stereocenters. The van der Waals surface area contributed by atoms with Crippen LogP contribution in [0.5, 0.6) is 0 Å². The van der Waals surface area contributed by atoms with E-state index < -0.39 is 6.10 Å². The maximum Gasteiger partial charge on any atom is 0.191 e. The Kier molecular flexibility index (Phi) is 9.28. The number of fused-ring (bicyclic) bond motifs is 1. The Morgan fingerprint density at radius 1 is 1.30 bits per heavy atom. The second kappa shape index (κ2) is 11.2. The van der Waals surface area contributed by atoms with Crippen LogP contribution in [0.4, 0.5) is 0 Å². The van der Waals surface area contributed by atoms with Gasteiger partial charge in [0.05, 0.1) is 0 Å². The SMILES string of the molecule is CN=C(NCCN(C)C1CCCC1)NCC(O)c1cc2ccccc2s1.I. The van der Waals surface area contributed by atoms with Crippen LogP contribution in [0.2, 0.25) is 0 Å². The number of aliphatic hydroxyl groups is 1. The van der Waals surface area contributed by atoms with Crippen LogP contribution >= 0.6 is 35.3 Å². The summed E-state index contributed by atoms with van der Waals surface area (Å²) in [6.07, 6.45) is 4.84. The molecule has 7 heteroatoms. The van der Waals surface area contributed by atoms with Crippen LogP contribution < -0.4 is 10.6 Å². The van der Waals surface area contributed by atoms with Gasteiger partial charge in [-0.1, -0.05) is 31.0 Å². The number of hydrogen-bond donors (Lipinski definition) is 3. The van der Waals surface area contributed by atoms with Gasteiger partial charge in [0, 0.05) is 42.3 Å². The smallest absolute Gasteiger partial charge is 0.191 e. The van der Waals surface area contributed by atoms with E-state index in [0.717, 1.165) is 30.0 Å². The number of guanidine groups is 1. The monoisotopic (exact) mass is 502 g/mol. The Hall–Kier alpha value is -0.900. The molecule has 1 aliphatic carbocycles. The van der Waals surface area contributed by atoms with E-state index in [0.29, 0.717) is 6.54 Å². The van der Waals surface area contributed by atoms with Crippen molar-refractivity contribution in [3.05, 3.63) is 35.2 Å². The minimum Gasteiger partial charge on any atom is -0.386 e. The average molecular weight is 502 g/mol. The number of nitrogens with zero attached hydrogens (tertiary/aromatic N) is 2. The van der Waals surface area contributed by atoms with Gasteiger partial charge in [-0.15, -0.1) is 35.3 Å². The van der Waals surface area contributed by atoms with Gasteiger partial charge in [-0.3, -0.25) is 4.99 Å². The molecule has 1 saturated carbocycles. The van der Waals surface area contributed by atoms with Crippen LogP contribution in [0.15, 0.2) is 35.3 Å². The maximum atomic E-state index is 10.5. The summed E-state index contributed by atoms with van der Waals surface area (Å²) in [5.74, 6) is 0.741. The first-order chi connectivity index (χ1) is 12.7. The van der Waals surface area contributed by atoms with Gasteiger partial charge >= 0.3 is 0 Å². The summed E-state index contributed by atoms with van der Waals surface area (Å²) in [7, 11) is 3.97. The van der Waals surface area contributed by atoms with Crippen molar-refractivity contribution >= 4 is 51.4 Å². The molecular formula is C20H31IN4OS. The molecule has 1 aromatic carbocycles. The third-order valence-corrected chi connectivity index (χ3v) is 6.38. The van der Waals surface area contributed by atoms with E-state index in [1.807, 2.05) is 12.1 Å². The fraction of sp³-hybridized carbons (Fsp3) is 0.550. The van der Waals surface area contributed by atoms with E-state index in [-0.39, 0.29) is 24.0 Å². The summed E-state index contributed by atoms with van der Waals surface area (Å²) in [6, 6.07) is 11.0. The molecule has 1 fully saturated rings. The van der Waals surface area contributed by atoms with Crippen molar-refractivity contribution in [3.63, 3.8) is 0 Å². The molecule has 1 atom stereocenters. The van der Waals surface area contributed by atoms with Crippen LogP contribution in [0.1, 0.15) is 36.7 Å². The van der Waals surface area contributed by atoms with Crippen molar-refractivity contribution in [1.82, 2.24) is 15.5 Å². The first kappa shape index (κ1) is 22.4. The minimum atomic E-state index is -0.535. The second-order valence-electron chi connectivity index (χ2n) is 7.00. The largest absolute Gasteiger partial charge is 0.386 e. The highest BCUT2D eigenvalue weighted by atomic mass is 127. The quantitative estimate of drug-likeness (QED) is 0.308. The van der Waals surface area contributed by atoms with Gasteiger partial charge in [0.1, 0.15) is 6.10 Å². The first-order valence-electron chi connectivity index (χ1n) is 9.48. The highest BCUT2D eigenvalue weighted by Crippen LogP contribution is 2.29. The third-order valence-electron chi connectivity index (χ3n) is 5.16. The molecular weight excluding hydrogens is 471 g/mol. The molecule has 3 rings (SSSR count). The highest BCUT2D eigenvalue weighted by Gasteiger charge is 2.19. The first-order valence-corrected chi connectivity index (χ1v) is 10.3. The normalized spacial score (nSPS) is 16.5. The van der Waals surface area contributed by atoms with Crippen molar-refractivity contribution < 1.29 is 5.11 Å². The van der Waals surface area contributed by atoms with Crippen molar-refractivity contribution in [2.24, 2.45) is 4.99 Å². The van der Waals surface area contributed by atoms with Crippen LogP contribution in [-0.4, -0.2) is 55.7 Å². The van der Waals surface area contributed by atoms with E-state index in [9.17, 15) is 5.11 Å². The van der Waals surface area contributed by atoms with Crippen molar-refractivity contribution in [3.8, 4) is 0 Å². The predicted octanol–water partition coefficient (Wildman–Crippen LogP) is 3.59. The standard InChI is InChI=1S/C20H30N4OS.HI/c1-21-20(22-11-12-24(2)16-8-4-5-9-16)23-14-17(25)19-13-15-7-3-6-10-18(15)26-19;/h3,6-7,10,13,16-17,25H,4-5,8-9,11-12,14H2,1-2H3,(H2,21,22,23);1H. The summed E-state index contributed by atoms with van der Waals surface area (Å²) in [5, 5.41) is 18.2. The fourth-order valence-corrected chi connectivity index (χ4v) is 4.61. The summed E-state index contributed by atoms with van der Waals surface area (Å²) in [4.78, 5) is 7.68. The molecule has 27 heavy (non-hydrogen) atoms. The lowest BCUT2D eigenvalue weighted by Gasteiger charge is -2.24. The molecule has 0 radical (unpaired) electrons. The molecule has 3 N–H and O–H groups in total. The van der Waals surface area contributed by atoms with Gasteiger partial charge < -0.3 is 20.6 Å². The topological polar surface area (TPSA) is 59.9 Å². The van der Waals surface area contributed by atoms with E-state index >= 15 is 0 Å². The maximum absolute atomic E-state index is 10.5. The molecule has 1 heterocycles. The van der Waals surface area contributed by atoms with Gasteiger partial charge in [-0.05, 0) is 37.4 Å². The zero-order chi connectivity index (χ0) is 18.4. The molecule has 0 amide bonds. The van der Waals surface area contributed by atoms with Gasteiger partial charge in [-0.25, -0.2) is 0 Å². The zero-order valence-corrected chi connectivity index (χ0v) is 19.3. The summed E-state index contributed by atoms with van der Waals surface area (Å²) < 4.78 is 1.21. The predicted molar refractivity (Wildman–Crippen MR) is 126 cm³/mol. The summed E-state index contributed by atoms with van der Waals surface area (Å²) in [6.45, 7) is 2.31. The van der Waals surface area contributed by atoms with Gasteiger partial charge in [0.25, 0.3) is 0 Å². The van der Waals surface area contributed by atoms with Crippen LogP contribution in [0.25, 0.3) is 10.1 Å². The number of hydrogen-bond acceptors (Lipinski definition) is 4. The Morgan fingerprint density at radius 3 is 2.74 bits per heavy atom. The summed E-state index contributed by atoms with van der Waals surface area (Å²) >= 11 is 1.64. The lowest BCUT2D eigenvalue weighted by molar-refractivity contribution is 0.184. The number of likely N-dealkylation sites (N-methyl/N-ethyl adjacent to an activating group) is 1. The third kappa shape index (κ3) is 6.30. The molecule has 5 nitrogen and oxygen atoms in total. The number of benzene rings is 1. The number of halogens is 1. The molecule has 150 valence electrons. The Morgan fingerprint density at radius 2 is 2.04 bits per heavy atom. The van der Waals surface area contributed by atoms with Gasteiger partial charge in [0.2, 0.25) is 0 Å². The van der Waals surface area contributed by atoms with E-state index in [2.05, 4.69) is 45.8 Å². The van der Waals surface area contributed by atoms with Gasteiger partial charge in [0.15, 0.2) is 5.96 Å². The summed E-state index contributed by atoms with van der Waals surface area (Å²) in [5.41, 5.74) is 0. The molecule has 1 aromatic heterocycles. The average Bonchev–Trinajstić information content (AvgIpc) is 3.33. The Bertz CT molecular complexity index is 697. The van der Waals surface area contributed by atoms with Crippen LogP contribution in [0, 0.1) is 0 Å². The lowest BCUT2D eigenvalue weighted by atomic mass is 10.2. The zero-order valence-electron chi connectivity index (χ0n) is 16.1. The lowest BCUT2D eigenvalue weighted by Crippen LogP contribution is -2.43. The minimum absolute atomic E-state index is 0. The van der Waals surface area contributed by atoms with Crippen LogP contribution in [-0.2, 0) is 0 Å². The van der Waals surface area contributed by atoms with Crippen molar-refractivity contribution in [1.29, 1.82) is 0 Å². The molecule has 1 aliphatic rings. The Labute approximate surface area is 183 Å². The van der Waals surface area contributed by atoms with E-state index in [1.165, 1.54) is 35.8 Å². The van der Waals surface area contributed by atoms with Crippen molar-refractivity contribution in [2.45, 2.75) is 37.8 Å². The molecule has 0 spiro atoms. The fourth-order valence-electron chi connectivity index (χ4n) is 3.56. The van der Waals surface area contributed by atoms with Crippen LogP contribution in [0.3, 0.4) is 0 Å². The molecule has 0 aliphatic heterocycles. The number of thiophene rings is 1. The highest BCUT2D eigenvalue weighted by molar-refractivity contribution is 14.0. The van der Waals surface area contributed by atoms with E-state index in [1.54, 1.807) is 18.4 Å².